The normalized spacial score (nSPS) is 19.2. The number of nitrogens with two attached hydrogens (primary N) is 1. The third-order valence-electron chi connectivity index (χ3n) is 4.12. The SMILES string of the molecule is CN1CCC(CN(C)C(=O)c2cc3cc(N)ccc3s2)C1. The zero-order chi connectivity index (χ0) is 15.0. The fourth-order valence-electron chi connectivity index (χ4n) is 3.00. The number of benzene rings is 1. The highest BCUT2D eigenvalue weighted by Gasteiger charge is 2.23. The average molecular weight is 303 g/mol. The van der Waals surface area contributed by atoms with Crippen LogP contribution in [0.2, 0.25) is 0 Å². The van der Waals surface area contributed by atoms with Gasteiger partial charge in [0.05, 0.1) is 4.88 Å². The van der Waals surface area contributed by atoms with Crippen molar-refractivity contribution in [3.05, 3.63) is 29.1 Å². The molecule has 0 radical (unpaired) electrons. The molecule has 1 saturated heterocycles. The number of carbonyl (C=O) groups is 1. The Morgan fingerprint density at radius 1 is 1.48 bits per heavy atom. The summed E-state index contributed by atoms with van der Waals surface area (Å²) >= 11 is 1.54. The molecule has 2 aromatic rings. The van der Waals surface area contributed by atoms with E-state index in [-0.39, 0.29) is 5.91 Å². The minimum atomic E-state index is 0.115. The summed E-state index contributed by atoms with van der Waals surface area (Å²) in [7, 11) is 4.04. The molecule has 0 aliphatic carbocycles. The Morgan fingerprint density at radius 3 is 3.00 bits per heavy atom. The largest absolute Gasteiger partial charge is 0.399 e. The zero-order valence-electron chi connectivity index (χ0n) is 12.5. The molecule has 0 saturated carbocycles. The highest BCUT2D eigenvalue weighted by molar-refractivity contribution is 7.20. The molecule has 1 atom stereocenters. The first-order chi connectivity index (χ1) is 10.0. The van der Waals surface area contributed by atoms with E-state index in [0.717, 1.165) is 40.3 Å². The van der Waals surface area contributed by atoms with Gasteiger partial charge in [0, 0.05) is 30.5 Å². The summed E-state index contributed by atoms with van der Waals surface area (Å²) in [4.78, 5) is 17.5. The number of nitrogens with zero attached hydrogens (tertiary/aromatic N) is 2. The molecule has 1 amide bonds. The Morgan fingerprint density at radius 2 is 2.29 bits per heavy atom. The fourth-order valence-corrected chi connectivity index (χ4v) is 4.04. The van der Waals surface area contributed by atoms with E-state index in [9.17, 15) is 4.79 Å². The molecule has 21 heavy (non-hydrogen) atoms. The molecular formula is C16H21N3OS. The Balaban J connectivity index is 1.73. The number of hydrogen-bond acceptors (Lipinski definition) is 4. The van der Waals surface area contributed by atoms with Crippen LogP contribution < -0.4 is 5.73 Å². The molecule has 2 N–H and O–H groups in total. The maximum Gasteiger partial charge on any atom is 0.263 e. The molecule has 1 aromatic heterocycles. The zero-order valence-corrected chi connectivity index (χ0v) is 13.3. The number of fused-ring (bicyclic) bond motifs is 1. The lowest BCUT2D eigenvalue weighted by atomic mass is 10.1. The van der Waals surface area contributed by atoms with Crippen LogP contribution in [0.25, 0.3) is 10.1 Å². The van der Waals surface area contributed by atoms with E-state index < -0.39 is 0 Å². The highest BCUT2D eigenvalue weighted by Crippen LogP contribution is 2.28. The van der Waals surface area contributed by atoms with E-state index in [1.807, 2.05) is 36.2 Å². The van der Waals surface area contributed by atoms with Crippen LogP contribution in [0.4, 0.5) is 5.69 Å². The summed E-state index contributed by atoms with van der Waals surface area (Å²) in [6.45, 7) is 3.05. The van der Waals surface area contributed by atoms with Crippen molar-refractivity contribution >= 4 is 33.0 Å². The summed E-state index contributed by atoms with van der Waals surface area (Å²) in [5, 5.41) is 1.05. The van der Waals surface area contributed by atoms with Crippen LogP contribution in [0.1, 0.15) is 16.1 Å². The summed E-state index contributed by atoms with van der Waals surface area (Å²) in [5.74, 6) is 0.707. The molecule has 5 heteroatoms. The van der Waals surface area contributed by atoms with E-state index in [2.05, 4.69) is 11.9 Å². The van der Waals surface area contributed by atoms with Gasteiger partial charge in [0.25, 0.3) is 5.91 Å². The van der Waals surface area contributed by atoms with Crippen LogP contribution >= 0.6 is 11.3 Å². The molecule has 3 rings (SSSR count). The Hall–Kier alpha value is -1.59. The van der Waals surface area contributed by atoms with Crippen molar-refractivity contribution in [2.75, 3.05) is 39.5 Å². The number of thiophene rings is 1. The van der Waals surface area contributed by atoms with Gasteiger partial charge in [-0.3, -0.25) is 4.79 Å². The van der Waals surface area contributed by atoms with E-state index in [0.29, 0.717) is 5.92 Å². The van der Waals surface area contributed by atoms with Gasteiger partial charge < -0.3 is 15.5 Å². The van der Waals surface area contributed by atoms with Crippen molar-refractivity contribution in [2.45, 2.75) is 6.42 Å². The monoisotopic (exact) mass is 303 g/mol. The van der Waals surface area contributed by atoms with E-state index in [4.69, 9.17) is 5.73 Å². The number of anilines is 1. The van der Waals surface area contributed by atoms with Crippen molar-refractivity contribution in [3.63, 3.8) is 0 Å². The maximum absolute atomic E-state index is 12.6. The maximum atomic E-state index is 12.6. The van der Waals surface area contributed by atoms with E-state index >= 15 is 0 Å². The van der Waals surface area contributed by atoms with Crippen molar-refractivity contribution in [3.8, 4) is 0 Å². The first kappa shape index (κ1) is 14.4. The highest BCUT2D eigenvalue weighted by atomic mass is 32.1. The van der Waals surface area contributed by atoms with Gasteiger partial charge in [-0.05, 0) is 55.6 Å². The second-order valence-electron chi connectivity index (χ2n) is 6.01. The van der Waals surface area contributed by atoms with Gasteiger partial charge in [0.2, 0.25) is 0 Å². The first-order valence-electron chi connectivity index (χ1n) is 7.26. The number of amides is 1. The van der Waals surface area contributed by atoms with Gasteiger partial charge in [-0.1, -0.05) is 0 Å². The molecule has 4 nitrogen and oxygen atoms in total. The lowest BCUT2D eigenvalue weighted by Gasteiger charge is -2.20. The topological polar surface area (TPSA) is 49.6 Å². The minimum absolute atomic E-state index is 0.115. The van der Waals surface area contributed by atoms with Crippen LogP contribution in [0.15, 0.2) is 24.3 Å². The number of hydrogen-bond donors (Lipinski definition) is 1. The van der Waals surface area contributed by atoms with Crippen LogP contribution in [-0.2, 0) is 0 Å². The summed E-state index contributed by atoms with van der Waals surface area (Å²) in [5.41, 5.74) is 6.53. The van der Waals surface area contributed by atoms with E-state index in [1.165, 1.54) is 6.42 Å². The number of likely N-dealkylation sites (tertiary alicyclic amines) is 1. The Labute approximate surface area is 129 Å². The third-order valence-corrected chi connectivity index (χ3v) is 5.22. The summed E-state index contributed by atoms with van der Waals surface area (Å²) < 4.78 is 1.11. The predicted molar refractivity (Wildman–Crippen MR) is 88.8 cm³/mol. The number of rotatable bonds is 3. The smallest absolute Gasteiger partial charge is 0.263 e. The summed E-state index contributed by atoms with van der Waals surface area (Å²) in [6, 6.07) is 7.74. The lowest BCUT2D eigenvalue weighted by Crippen LogP contribution is -2.32. The Kier molecular flexibility index (Phi) is 3.87. The van der Waals surface area contributed by atoms with Crippen LogP contribution in [-0.4, -0.2) is 49.4 Å². The molecule has 0 bridgehead atoms. The standard InChI is InChI=1S/C16H21N3OS/c1-18-6-5-11(9-18)10-19(2)16(20)15-8-12-7-13(17)3-4-14(12)21-15/h3-4,7-8,11H,5-6,9-10,17H2,1-2H3. The number of carbonyl (C=O) groups excluding carboxylic acids is 1. The predicted octanol–water partition coefficient (Wildman–Crippen LogP) is 2.51. The molecule has 0 spiro atoms. The van der Waals surface area contributed by atoms with Crippen molar-refractivity contribution in [1.29, 1.82) is 0 Å². The molecule has 112 valence electrons. The van der Waals surface area contributed by atoms with Gasteiger partial charge in [0.1, 0.15) is 0 Å². The van der Waals surface area contributed by atoms with Gasteiger partial charge in [-0.2, -0.15) is 0 Å². The molecule has 1 aliphatic heterocycles. The fraction of sp³-hybridized carbons (Fsp3) is 0.438. The van der Waals surface area contributed by atoms with Gasteiger partial charge in [-0.15, -0.1) is 11.3 Å². The van der Waals surface area contributed by atoms with Gasteiger partial charge in [0.15, 0.2) is 0 Å². The van der Waals surface area contributed by atoms with E-state index in [1.54, 1.807) is 11.3 Å². The molecule has 1 fully saturated rings. The van der Waals surface area contributed by atoms with Crippen LogP contribution in [0.5, 0.6) is 0 Å². The van der Waals surface area contributed by atoms with Crippen molar-refractivity contribution in [2.24, 2.45) is 5.92 Å². The lowest BCUT2D eigenvalue weighted by molar-refractivity contribution is 0.0779. The molecule has 2 heterocycles. The molecule has 1 aliphatic rings. The van der Waals surface area contributed by atoms with Crippen molar-refractivity contribution in [1.82, 2.24) is 9.80 Å². The van der Waals surface area contributed by atoms with Gasteiger partial charge in [-0.25, -0.2) is 0 Å². The van der Waals surface area contributed by atoms with Gasteiger partial charge >= 0.3 is 0 Å². The second-order valence-corrected chi connectivity index (χ2v) is 7.09. The van der Waals surface area contributed by atoms with Crippen LogP contribution in [0.3, 0.4) is 0 Å². The first-order valence-corrected chi connectivity index (χ1v) is 8.07. The van der Waals surface area contributed by atoms with Crippen molar-refractivity contribution < 1.29 is 4.79 Å². The third kappa shape index (κ3) is 3.04. The average Bonchev–Trinajstić information content (AvgIpc) is 3.03. The summed E-state index contributed by atoms with van der Waals surface area (Å²) in [6.07, 6.45) is 1.18. The quantitative estimate of drug-likeness (QED) is 0.886. The molecule has 1 aromatic carbocycles. The Bertz CT molecular complexity index is 667. The molecule has 1 unspecified atom stereocenters. The minimum Gasteiger partial charge on any atom is -0.399 e. The molecular weight excluding hydrogens is 282 g/mol. The second kappa shape index (κ2) is 5.66. The number of nitrogen functional groups attached to an aromatic ring is 1. The van der Waals surface area contributed by atoms with Crippen LogP contribution in [0, 0.1) is 5.92 Å².